The van der Waals surface area contributed by atoms with E-state index in [1.54, 1.807) is 0 Å². The van der Waals surface area contributed by atoms with Crippen molar-refractivity contribution in [3.05, 3.63) is 33.1 Å². The van der Waals surface area contributed by atoms with Gasteiger partial charge in [0.15, 0.2) is 12.5 Å². The van der Waals surface area contributed by atoms with Gasteiger partial charge in [0.1, 0.15) is 24.9 Å². The fourth-order valence-corrected chi connectivity index (χ4v) is 3.89. The van der Waals surface area contributed by atoms with Crippen LogP contribution in [0.15, 0.2) is 21.9 Å². The summed E-state index contributed by atoms with van der Waals surface area (Å²) < 4.78 is 39.5. The average Bonchev–Trinajstić information content (AvgIpc) is 2.96. The Balaban J connectivity index is 1.95. The molecular formula is C16H23N2O11P. The van der Waals surface area contributed by atoms with Gasteiger partial charge in [-0.3, -0.25) is 23.7 Å². The lowest BCUT2D eigenvalue weighted by atomic mass is 10.1. The van der Waals surface area contributed by atoms with E-state index in [4.69, 9.17) is 23.5 Å². The molecule has 168 valence electrons. The minimum absolute atomic E-state index is 0.403. The van der Waals surface area contributed by atoms with Crippen molar-refractivity contribution in [2.24, 2.45) is 0 Å². The topological polar surface area (TPSA) is 176 Å². The lowest BCUT2D eigenvalue weighted by molar-refractivity contribution is -0.214. The maximum Gasteiger partial charge on any atom is 0.470 e. The number of phosphoric acid groups is 1. The number of nitrogens with one attached hydrogen (secondary N) is 1. The van der Waals surface area contributed by atoms with Gasteiger partial charge < -0.3 is 28.7 Å². The van der Waals surface area contributed by atoms with E-state index in [9.17, 15) is 28.7 Å². The van der Waals surface area contributed by atoms with E-state index in [0.29, 0.717) is 13.0 Å². The third-order valence-electron chi connectivity index (χ3n) is 4.57. The number of hydrogen-bond acceptors (Lipinski definition) is 9. The zero-order chi connectivity index (χ0) is 21.9. The van der Waals surface area contributed by atoms with Gasteiger partial charge in [0, 0.05) is 25.8 Å². The molecule has 13 nitrogen and oxygen atoms in total. The highest BCUT2D eigenvalue weighted by molar-refractivity contribution is 7.46. The Morgan fingerprint density at radius 2 is 2.10 bits per heavy atom. The van der Waals surface area contributed by atoms with Crippen LogP contribution in [0.2, 0.25) is 0 Å². The molecule has 14 heteroatoms. The number of H-pyrrole nitrogens is 1. The van der Waals surface area contributed by atoms with Gasteiger partial charge in [-0.1, -0.05) is 0 Å². The summed E-state index contributed by atoms with van der Waals surface area (Å²) in [4.78, 5) is 55.7. The molecule has 0 radical (unpaired) electrons. The van der Waals surface area contributed by atoms with Gasteiger partial charge in [-0.2, -0.15) is 0 Å². The number of rotatable bonds is 7. The van der Waals surface area contributed by atoms with Crippen LogP contribution in [0.25, 0.3) is 0 Å². The van der Waals surface area contributed by atoms with Crippen LogP contribution < -0.4 is 11.2 Å². The van der Waals surface area contributed by atoms with Crippen molar-refractivity contribution in [3.8, 4) is 0 Å². The Hall–Kier alpha value is -1.86. The highest BCUT2D eigenvalue weighted by Crippen LogP contribution is 2.45. The molecule has 2 aliphatic heterocycles. The fraction of sp³-hybridized carbons (Fsp3) is 0.688. The smallest absolute Gasteiger partial charge is 0.463 e. The third-order valence-corrected chi connectivity index (χ3v) is 5.09. The molecule has 1 aromatic rings. The summed E-state index contributed by atoms with van der Waals surface area (Å²) in [6.45, 7) is 1.18. The molecule has 30 heavy (non-hydrogen) atoms. The van der Waals surface area contributed by atoms with Crippen LogP contribution in [0.1, 0.15) is 32.4 Å². The van der Waals surface area contributed by atoms with Crippen LogP contribution in [-0.4, -0.2) is 63.1 Å². The molecule has 0 aromatic carbocycles. The lowest BCUT2D eigenvalue weighted by Gasteiger charge is -2.31. The van der Waals surface area contributed by atoms with Gasteiger partial charge in [-0.15, -0.1) is 0 Å². The first-order valence-electron chi connectivity index (χ1n) is 9.25. The monoisotopic (exact) mass is 450 g/mol. The molecule has 0 amide bonds. The minimum atomic E-state index is -5.01. The maximum atomic E-state index is 12.3. The Labute approximate surface area is 170 Å². The second-order valence-electron chi connectivity index (χ2n) is 6.84. The molecule has 0 saturated carbocycles. The van der Waals surface area contributed by atoms with Gasteiger partial charge in [0.25, 0.3) is 5.56 Å². The van der Waals surface area contributed by atoms with Crippen molar-refractivity contribution < 1.29 is 42.6 Å². The molecule has 1 unspecified atom stereocenters. The number of phosphoric ester groups is 1. The maximum absolute atomic E-state index is 12.3. The summed E-state index contributed by atoms with van der Waals surface area (Å²) >= 11 is 0. The van der Waals surface area contributed by atoms with Crippen LogP contribution >= 0.6 is 7.82 Å². The molecule has 1 aromatic heterocycles. The van der Waals surface area contributed by atoms with Crippen LogP contribution in [0.5, 0.6) is 0 Å². The summed E-state index contributed by atoms with van der Waals surface area (Å²) in [5.41, 5.74) is -1.46. The molecule has 3 heterocycles. The van der Waals surface area contributed by atoms with Crippen molar-refractivity contribution in [2.75, 3.05) is 13.2 Å². The molecule has 0 bridgehead atoms. The predicted molar refractivity (Wildman–Crippen MR) is 97.2 cm³/mol. The van der Waals surface area contributed by atoms with E-state index in [-0.39, 0.29) is 0 Å². The number of hydrogen-bond donors (Lipinski definition) is 3. The molecule has 3 N–H and O–H groups in total. The van der Waals surface area contributed by atoms with Crippen molar-refractivity contribution in [1.82, 2.24) is 9.55 Å². The van der Waals surface area contributed by atoms with Gasteiger partial charge in [0.2, 0.25) is 0 Å². The molecule has 3 rings (SSSR count). The first-order chi connectivity index (χ1) is 14.1. The molecule has 2 aliphatic rings. The van der Waals surface area contributed by atoms with Gasteiger partial charge in [0.05, 0.1) is 0 Å². The highest BCUT2D eigenvalue weighted by Gasteiger charge is 2.51. The second kappa shape index (κ2) is 9.52. The lowest BCUT2D eigenvalue weighted by Crippen LogP contribution is -2.43. The number of ether oxygens (including phenoxy) is 4. The van der Waals surface area contributed by atoms with E-state index < -0.39 is 62.5 Å². The zero-order valence-electron chi connectivity index (χ0n) is 16.0. The Morgan fingerprint density at radius 3 is 2.70 bits per heavy atom. The van der Waals surface area contributed by atoms with Crippen LogP contribution in [0.4, 0.5) is 0 Å². The van der Waals surface area contributed by atoms with E-state index >= 15 is 0 Å². The number of aromatic amines is 1. The Kier molecular flexibility index (Phi) is 7.24. The summed E-state index contributed by atoms with van der Waals surface area (Å²) in [7, 11) is -5.01. The van der Waals surface area contributed by atoms with E-state index in [1.165, 1.54) is 0 Å². The molecule has 5 atom stereocenters. The van der Waals surface area contributed by atoms with E-state index in [0.717, 1.165) is 36.6 Å². The Bertz CT molecular complexity index is 903. The molecule has 0 spiro atoms. The number of carbonyl (C=O) groups is 1. The number of nitrogens with zero attached hydrogens (tertiary/aromatic N) is 1. The van der Waals surface area contributed by atoms with Crippen molar-refractivity contribution in [3.63, 3.8) is 0 Å². The quantitative estimate of drug-likeness (QED) is 0.357. The third kappa shape index (κ3) is 5.85. The van der Waals surface area contributed by atoms with Crippen LogP contribution in [0.3, 0.4) is 0 Å². The number of carbonyl (C=O) groups excluding carboxylic acids is 1. The highest BCUT2D eigenvalue weighted by atomic mass is 31.2. The molecule has 0 aliphatic carbocycles. The van der Waals surface area contributed by atoms with Gasteiger partial charge in [-0.25, -0.2) is 9.36 Å². The van der Waals surface area contributed by atoms with Crippen LogP contribution in [-0.2, 0) is 32.8 Å². The first kappa shape index (κ1) is 22.8. The van der Waals surface area contributed by atoms with Crippen molar-refractivity contribution in [1.29, 1.82) is 0 Å². The molecule has 2 saturated heterocycles. The van der Waals surface area contributed by atoms with Crippen LogP contribution in [0, 0.1) is 0 Å². The SMILES string of the molecule is CC(=O)OC[C@H]1O[C@@H](n2ccc(=O)[nH]c2=O)[C@H](OC2CCCCO2)[C@@H]1OP(=O)(O)O. The van der Waals surface area contributed by atoms with Gasteiger partial charge in [-0.05, 0) is 19.3 Å². The van der Waals surface area contributed by atoms with Gasteiger partial charge >= 0.3 is 19.5 Å². The molecular weight excluding hydrogens is 427 g/mol. The van der Waals surface area contributed by atoms with Crippen molar-refractivity contribution in [2.45, 2.75) is 57.0 Å². The Morgan fingerprint density at radius 1 is 1.33 bits per heavy atom. The van der Waals surface area contributed by atoms with Crippen molar-refractivity contribution >= 4 is 13.8 Å². The minimum Gasteiger partial charge on any atom is -0.463 e. The summed E-state index contributed by atoms with van der Waals surface area (Å²) in [6, 6.07) is 1.08. The van der Waals surface area contributed by atoms with E-state index in [2.05, 4.69) is 4.98 Å². The summed E-state index contributed by atoms with van der Waals surface area (Å²) in [5.74, 6) is -0.647. The second-order valence-corrected chi connectivity index (χ2v) is 8.03. The first-order valence-corrected chi connectivity index (χ1v) is 10.8. The average molecular weight is 450 g/mol. The zero-order valence-corrected chi connectivity index (χ0v) is 16.9. The number of aromatic nitrogens is 2. The number of esters is 1. The fourth-order valence-electron chi connectivity index (χ4n) is 3.32. The molecule has 2 fully saturated rings. The van der Waals surface area contributed by atoms with E-state index in [1.807, 2.05) is 0 Å². The summed E-state index contributed by atoms with van der Waals surface area (Å²) in [5, 5.41) is 0. The predicted octanol–water partition coefficient (Wildman–Crippen LogP) is -0.613. The normalized spacial score (nSPS) is 29.6. The standard InChI is InChI=1S/C16H23N2O11P/c1-9(19)26-8-10-13(29-30(22,23)24)14(28-12-4-2-3-7-25-12)15(27-10)18-6-5-11(20)17-16(18)21/h5-6,10,12-15H,2-4,7-8H2,1H3,(H,17,20,21)(H2,22,23,24)/t10-,12?,13-,14-,15-/m1/s1. The summed E-state index contributed by atoms with van der Waals surface area (Å²) in [6.07, 6.45) is -2.43. The largest absolute Gasteiger partial charge is 0.470 e.